The molecule has 2 nitrogen and oxygen atoms in total. The Morgan fingerprint density at radius 1 is 1.44 bits per heavy atom. The van der Waals surface area contributed by atoms with E-state index < -0.39 is 0 Å². The lowest BCUT2D eigenvalue weighted by Crippen LogP contribution is -2.57. The van der Waals surface area contributed by atoms with Crippen LogP contribution in [-0.4, -0.2) is 25.7 Å². The fraction of sp³-hybridized carbons (Fsp3) is 0.538. The average molecular weight is 222 g/mol. The molecule has 0 saturated carbocycles. The molecule has 1 aliphatic heterocycles. The summed E-state index contributed by atoms with van der Waals surface area (Å²) in [5, 5.41) is 6.72. The van der Waals surface area contributed by atoms with Crippen LogP contribution >= 0.6 is 0 Å². The molecule has 0 atom stereocenters. The SMILES string of the molecule is CC(C)(CNC1CNC1)c1cccc(F)c1. The zero-order valence-electron chi connectivity index (χ0n) is 9.89. The van der Waals surface area contributed by atoms with E-state index in [9.17, 15) is 4.39 Å². The predicted octanol–water partition coefficient (Wildman–Crippen LogP) is 1.66. The molecule has 0 radical (unpaired) electrons. The molecule has 1 saturated heterocycles. The van der Waals surface area contributed by atoms with Crippen molar-refractivity contribution in [3.05, 3.63) is 35.6 Å². The van der Waals surface area contributed by atoms with Crippen molar-refractivity contribution in [2.75, 3.05) is 19.6 Å². The molecule has 1 heterocycles. The number of hydrogen-bond donors (Lipinski definition) is 2. The molecule has 0 unspecified atom stereocenters. The highest BCUT2D eigenvalue weighted by Crippen LogP contribution is 2.23. The Kier molecular flexibility index (Phi) is 3.26. The predicted molar refractivity (Wildman–Crippen MR) is 64.1 cm³/mol. The molecule has 1 fully saturated rings. The van der Waals surface area contributed by atoms with Gasteiger partial charge >= 0.3 is 0 Å². The fourth-order valence-electron chi connectivity index (χ4n) is 1.84. The van der Waals surface area contributed by atoms with Gasteiger partial charge in [-0.15, -0.1) is 0 Å². The van der Waals surface area contributed by atoms with Crippen LogP contribution in [0.5, 0.6) is 0 Å². The summed E-state index contributed by atoms with van der Waals surface area (Å²) in [6, 6.07) is 7.46. The Morgan fingerprint density at radius 2 is 2.19 bits per heavy atom. The van der Waals surface area contributed by atoms with Crippen LogP contribution in [0.15, 0.2) is 24.3 Å². The zero-order valence-corrected chi connectivity index (χ0v) is 9.89. The first-order valence-corrected chi connectivity index (χ1v) is 5.78. The first-order chi connectivity index (χ1) is 7.58. The molecule has 16 heavy (non-hydrogen) atoms. The summed E-state index contributed by atoms with van der Waals surface area (Å²) in [4.78, 5) is 0. The first kappa shape index (κ1) is 11.6. The Bertz CT molecular complexity index is 359. The Balaban J connectivity index is 1.99. The van der Waals surface area contributed by atoms with Gasteiger partial charge in [0, 0.05) is 31.1 Å². The second-order valence-corrected chi connectivity index (χ2v) is 5.13. The summed E-state index contributed by atoms with van der Waals surface area (Å²) in [6.07, 6.45) is 0. The van der Waals surface area contributed by atoms with Crippen molar-refractivity contribution in [2.45, 2.75) is 25.3 Å². The maximum Gasteiger partial charge on any atom is 0.123 e. The van der Waals surface area contributed by atoms with Crippen LogP contribution in [0.2, 0.25) is 0 Å². The molecule has 0 aromatic heterocycles. The Labute approximate surface area is 96.2 Å². The summed E-state index contributed by atoms with van der Waals surface area (Å²) in [5.41, 5.74) is 1.02. The summed E-state index contributed by atoms with van der Waals surface area (Å²) >= 11 is 0. The van der Waals surface area contributed by atoms with Crippen LogP contribution < -0.4 is 10.6 Å². The number of benzene rings is 1. The molecule has 2 rings (SSSR count). The number of halogens is 1. The average Bonchev–Trinajstić information content (AvgIpc) is 2.15. The van der Waals surface area contributed by atoms with Crippen LogP contribution in [0.4, 0.5) is 4.39 Å². The minimum atomic E-state index is -0.157. The molecule has 3 heteroatoms. The summed E-state index contributed by atoms with van der Waals surface area (Å²) in [6.45, 7) is 7.24. The minimum Gasteiger partial charge on any atom is -0.314 e. The summed E-state index contributed by atoms with van der Waals surface area (Å²) in [7, 11) is 0. The lowest BCUT2D eigenvalue weighted by molar-refractivity contribution is 0.333. The van der Waals surface area contributed by atoms with E-state index in [4.69, 9.17) is 0 Å². The van der Waals surface area contributed by atoms with Gasteiger partial charge in [0.25, 0.3) is 0 Å². The minimum absolute atomic E-state index is 0.0301. The molecule has 1 aromatic carbocycles. The van der Waals surface area contributed by atoms with E-state index in [2.05, 4.69) is 24.5 Å². The normalized spacial score (nSPS) is 17.2. The number of hydrogen-bond acceptors (Lipinski definition) is 2. The van der Waals surface area contributed by atoms with E-state index in [0.29, 0.717) is 6.04 Å². The van der Waals surface area contributed by atoms with Crippen LogP contribution in [0.3, 0.4) is 0 Å². The zero-order chi connectivity index (χ0) is 11.6. The third-order valence-corrected chi connectivity index (χ3v) is 3.22. The van der Waals surface area contributed by atoms with Crippen molar-refractivity contribution in [3.8, 4) is 0 Å². The molecule has 0 bridgehead atoms. The van der Waals surface area contributed by atoms with E-state index in [1.165, 1.54) is 6.07 Å². The second-order valence-electron chi connectivity index (χ2n) is 5.13. The maximum absolute atomic E-state index is 13.1. The third kappa shape index (κ3) is 2.60. The number of nitrogens with one attached hydrogen (secondary N) is 2. The molecule has 88 valence electrons. The van der Waals surface area contributed by atoms with Crippen LogP contribution in [-0.2, 0) is 5.41 Å². The van der Waals surface area contributed by atoms with Gasteiger partial charge in [0.2, 0.25) is 0 Å². The van der Waals surface area contributed by atoms with Crippen molar-refractivity contribution in [1.29, 1.82) is 0 Å². The van der Waals surface area contributed by atoms with Gasteiger partial charge in [-0.3, -0.25) is 0 Å². The first-order valence-electron chi connectivity index (χ1n) is 5.78. The van der Waals surface area contributed by atoms with Gasteiger partial charge in [0.1, 0.15) is 5.82 Å². The lowest BCUT2D eigenvalue weighted by Gasteiger charge is -2.33. The smallest absolute Gasteiger partial charge is 0.123 e. The molecule has 0 aliphatic carbocycles. The van der Waals surface area contributed by atoms with Gasteiger partial charge in [0.05, 0.1) is 0 Å². The quantitative estimate of drug-likeness (QED) is 0.809. The third-order valence-electron chi connectivity index (χ3n) is 3.22. The van der Waals surface area contributed by atoms with E-state index in [1.807, 2.05) is 6.07 Å². The molecule has 0 spiro atoms. The van der Waals surface area contributed by atoms with Crippen molar-refractivity contribution >= 4 is 0 Å². The summed E-state index contributed by atoms with van der Waals surface area (Å²) in [5.74, 6) is -0.157. The Hall–Kier alpha value is -0.930. The standard InChI is InChI=1S/C13H19FN2/c1-13(2,9-16-12-7-15-8-12)10-4-3-5-11(14)6-10/h3-6,12,15-16H,7-9H2,1-2H3. The molecule has 0 amide bonds. The van der Waals surface area contributed by atoms with Gasteiger partial charge in [-0.25, -0.2) is 4.39 Å². The van der Waals surface area contributed by atoms with Crippen LogP contribution in [0.25, 0.3) is 0 Å². The maximum atomic E-state index is 13.1. The van der Waals surface area contributed by atoms with Gasteiger partial charge in [-0.2, -0.15) is 0 Å². The number of rotatable bonds is 4. The van der Waals surface area contributed by atoms with E-state index >= 15 is 0 Å². The Morgan fingerprint density at radius 3 is 2.75 bits per heavy atom. The monoisotopic (exact) mass is 222 g/mol. The van der Waals surface area contributed by atoms with Gasteiger partial charge < -0.3 is 10.6 Å². The van der Waals surface area contributed by atoms with Crippen molar-refractivity contribution in [1.82, 2.24) is 10.6 Å². The molecule has 1 aromatic rings. The van der Waals surface area contributed by atoms with Crippen molar-refractivity contribution < 1.29 is 4.39 Å². The lowest BCUT2D eigenvalue weighted by atomic mass is 9.84. The summed E-state index contributed by atoms with van der Waals surface area (Å²) < 4.78 is 13.1. The molecular weight excluding hydrogens is 203 g/mol. The van der Waals surface area contributed by atoms with E-state index in [1.54, 1.807) is 12.1 Å². The van der Waals surface area contributed by atoms with Crippen LogP contribution in [0, 0.1) is 5.82 Å². The van der Waals surface area contributed by atoms with Crippen molar-refractivity contribution in [3.63, 3.8) is 0 Å². The highest BCUT2D eigenvalue weighted by molar-refractivity contribution is 5.25. The van der Waals surface area contributed by atoms with Crippen molar-refractivity contribution in [2.24, 2.45) is 0 Å². The van der Waals surface area contributed by atoms with Gasteiger partial charge in [-0.05, 0) is 17.7 Å². The molecular formula is C13H19FN2. The van der Waals surface area contributed by atoms with Gasteiger partial charge in [-0.1, -0.05) is 26.0 Å². The molecule has 1 aliphatic rings. The topological polar surface area (TPSA) is 24.1 Å². The largest absolute Gasteiger partial charge is 0.314 e. The van der Waals surface area contributed by atoms with E-state index in [-0.39, 0.29) is 11.2 Å². The van der Waals surface area contributed by atoms with Crippen LogP contribution in [0.1, 0.15) is 19.4 Å². The fourth-order valence-corrected chi connectivity index (χ4v) is 1.84. The molecule has 2 N–H and O–H groups in total. The highest BCUT2D eigenvalue weighted by Gasteiger charge is 2.24. The van der Waals surface area contributed by atoms with E-state index in [0.717, 1.165) is 25.2 Å². The second kappa shape index (κ2) is 4.52. The van der Waals surface area contributed by atoms with Gasteiger partial charge in [0.15, 0.2) is 0 Å². The highest BCUT2D eigenvalue weighted by atomic mass is 19.1.